The van der Waals surface area contributed by atoms with E-state index in [2.05, 4.69) is 5.10 Å². The van der Waals surface area contributed by atoms with E-state index in [1.807, 2.05) is 0 Å². The zero-order valence-electron chi connectivity index (χ0n) is 12.7. The summed E-state index contributed by atoms with van der Waals surface area (Å²) in [6, 6.07) is 0. The second-order valence-electron chi connectivity index (χ2n) is 4.71. The van der Waals surface area contributed by atoms with Crippen LogP contribution >= 0.6 is 0 Å². The maximum atomic E-state index is 12.1. The predicted molar refractivity (Wildman–Crippen MR) is 75.4 cm³/mol. The highest BCUT2D eigenvalue weighted by Gasteiger charge is 2.31. The first-order chi connectivity index (χ1) is 10.6. The summed E-state index contributed by atoms with van der Waals surface area (Å²) in [5.41, 5.74) is 1.57. The van der Waals surface area contributed by atoms with Gasteiger partial charge in [-0.05, 0) is 13.8 Å². The van der Waals surface area contributed by atoms with Crippen molar-refractivity contribution in [1.29, 1.82) is 0 Å². The second-order valence-corrected chi connectivity index (χ2v) is 4.71. The summed E-state index contributed by atoms with van der Waals surface area (Å²) in [4.78, 5) is 36.3. The minimum atomic E-state index is -0.538. The van der Waals surface area contributed by atoms with E-state index >= 15 is 0 Å². The summed E-state index contributed by atoms with van der Waals surface area (Å²) in [6.45, 7) is 4.61. The van der Waals surface area contributed by atoms with E-state index in [1.54, 1.807) is 13.8 Å². The fraction of sp³-hybridized carbons (Fsp3) is 0.571. The number of hydrogen-bond acceptors (Lipinski definition) is 6. The Labute approximate surface area is 128 Å². The van der Waals surface area contributed by atoms with Crippen molar-refractivity contribution in [2.45, 2.75) is 33.4 Å². The fourth-order valence-electron chi connectivity index (χ4n) is 2.43. The topological polar surface area (TPSA) is 90.7 Å². The minimum Gasteiger partial charge on any atom is -0.461 e. The van der Waals surface area contributed by atoms with Crippen LogP contribution in [0.25, 0.3) is 0 Å². The SMILES string of the molecule is CCOC(=O)c1c2c(nn1CC=O)CCN(C(=O)OCC)C2. The molecule has 1 aromatic rings. The first kappa shape index (κ1) is 16.0. The maximum Gasteiger partial charge on any atom is 0.410 e. The van der Waals surface area contributed by atoms with Crippen LogP contribution in [0, 0.1) is 0 Å². The Morgan fingerprint density at radius 1 is 1.27 bits per heavy atom. The van der Waals surface area contributed by atoms with Crippen molar-refractivity contribution in [3.63, 3.8) is 0 Å². The molecule has 1 amide bonds. The molecule has 1 aliphatic heterocycles. The lowest BCUT2D eigenvalue weighted by Gasteiger charge is -2.25. The Bertz CT molecular complexity index is 581. The molecule has 8 heteroatoms. The summed E-state index contributed by atoms with van der Waals surface area (Å²) in [5, 5.41) is 4.29. The molecule has 2 rings (SSSR count). The highest BCUT2D eigenvalue weighted by atomic mass is 16.6. The standard InChI is InChI=1S/C14H19N3O5/c1-3-21-13(19)12-10-9-16(14(20)22-4-2)6-5-11(10)15-17(12)7-8-18/h8H,3-7,9H2,1-2H3. The quantitative estimate of drug-likeness (QED) is 0.589. The molecule has 22 heavy (non-hydrogen) atoms. The average molecular weight is 309 g/mol. The summed E-state index contributed by atoms with van der Waals surface area (Å²) in [5.74, 6) is -0.538. The number of carbonyl (C=O) groups excluding carboxylic acids is 3. The third-order valence-corrected chi connectivity index (χ3v) is 3.34. The third kappa shape index (κ3) is 3.10. The largest absolute Gasteiger partial charge is 0.461 e. The Morgan fingerprint density at radius 2 is 2.00 bits per heavy atom. The Morgan fingerprint density at radius 3 is 2.64 bits per heavy atom. The van der Waals surface area contributed by atoms with E-state index in [-0.39, 0.29) is 32.0 Å². The second kappa shape index (κ2) is 7.06. The molecule has 0 saturated heterocycles. The lowest BCUT2D eigenvalue weighted by Crippen LogP contribution is -2.36. The van der Waals surface area contributed by atoms with Crippen LogP contribution in [0.15, 0.2) is 0 Å². The van der Waals surface area contributed by atoms with Gasteiger partial charge in [-0.3, -0.25) is 4.68 Å². The average Bonchev–Trinajstić information content (AvgIpc) is 2.85. The Hall–Kier alpha value is -2.38. The van der Waals surface area contributed by atoms with Crippen LogP contribution in [-0.2, 0) is 33.8 Å². The number of rotatable bonds is 5. The van der Waals surface area contributed by atoms with E-state index in [0.717, 1.165) is 0 Å². The molecule has 0 aliphatic carbocycles. The number of amides is 1. The van der Waals surface area contributed by atoms with Crippen molar-refractivity contribution in [1.82, 2.24) is 14.7 Å². The van der Waals surface area contributed by atoms with Crippen molar-refractivity contribution in [2.24, 2.45) is 0 Å². The van der Waals surface area contributed by atoms with Crippen LogP contribution in [0.5, 0.6) is 0 Å². The van der Waals surface area contributed by atoms with Gasteiger partial charge in [0.1, 0.15) is 6.29 Å². The van der Waals surface area contributed by atoms with Gasteiger partial charge in [-0.1, -0.05) is 0 Å². The molecule has 120 valence electrons. The van der Waals surface area contributed by atoms with Gasteiger partial charge in [0.05, 0.1) is 32.0 Å². The van der Waals surface area contributed by atoms with Crippen LogP contribution in [0.2, 0.25) is 0 Å². The molecule has 0 unspecified atom stereocenters. The fourth-order valence-corrected chi connectivity index (χ4v) is 2.43. The molecule has 2 heterocycles. The van der Waals surface area contributed by atoms with Crippen molar-refractivity contribution >= 4 is 18.3 Å². The number of carbonyl (C=O) groups is 3. The van der Waals surface area contributed by atoms with Gasteiger partial charge in [0.2, 0.25) is 0 Å². The number of nitrogens with zero attached hydrogens (tertiary/aromatic N) is 3. The van der Waals surface area contributed by atoms with Crippen molar-refractivity contribution in [2.75, 3.05) is 19.8 Å². The van der Waals surface area contributed by atoms with E-state index in [1.165, 1.54) is 9.58 Å². The first-order valence-corrected chi connectivity index (χ1v) is 7.23. The zero-order chi connectivity index (χ0) is 16.1. The number of ether oxygens (including phenoxy) is 2. The molecule has 0 atom stereocenters. The molecular weight excluding hydrogens is 290 g/mol. The van der Waals surface area contributed by atoms with E-state index < -0.39 is 12.1 Å². The van der Waals surface area contributed by atoms with Crippen LogP contribution in [-0.4, -0.2) is 52.8 Å². The number of fused-ring (bicyclic) bond motifs is 1. The van der Waals surface area contributed by atoms with Crippen molar-refractivity contribution in [3.8, 4) is 0 Å². The monoisotopic (exact) mass is 309 g/mol. The van der Waals surface area contributed by atoms with Gasteiger partial charge in [-0.2, -0.15) is 5.10 Å². The van der Waals surface area contributed by atoms with E-state index in [9.17, 15) is 14.4 Å². The van der Waals surface area contributed by atoms with E-state index in [0.29, 0.717) is 30.5 Å². The minimum absolute atomic E-state index is 0.0272. The molecule has 0 saturated carbocycles. The molecule has 0 fully saturated rings. The van der Waals surface area contributed by atoms with Gasteiger partial charge in [0.25, 0.3) is 0 Å². The van der Waals surface area contributed by atoms with Crippen LogP contribution in [0.3, 0.4) is 0 Å². The van der Waals surface area contributed by atoms with Crippen LogP contribution < -0.4 is 0 Å². The zero-order valence-corrected chi connectivity index (χ0v) is 12.7. The molecule has 0 aromatic carbocycles. The summed E-state index contributed by atoms with van der Waals surface area (Å²) < 4.78 is 11.4. The lowest BCUT2D eigenvalue weighted by atomic mass is 10.1. The number of aldehydes is 1. The van der Waals surface area contributed by atoms with Gasteiger partial charge in [0, 0.05) is 18.5 Å². The Kier molecular flexibility index (Phi) is 5.13. The number of hydrogen-bond donors (Lipinski definition) is 0. The smallest absolute Gasteiger partial charge is 0.410 e. The molecule has 0 radical (unpaired) electrons. The highest BCUT2D eigenvalue weighted by molar-refractivity contribution is 5.90. The summed E-state index contributed by atoms with van der Waals surface area (Å²) in [7, 11) is 0. The predicted octanol–water partition coefficient (Wildman–Crippen LogP) is 0.773. The van der Waals surface area contributed by atoms with Crippen molar-refractivity contribution < 1.29 is 23.9 Å². The third-order valence-electron chi connectivity index (χ3n) is 3.34. The van der Waals surface area contributed by atoms with E-state index in [4.69, 9.17) is 9.47 Å². The van der Waals surface area contributed by atoms with Gasteiger partial charge in [-0.15, -0.1) is 0 Å². The molecule has 0 N–H and O–H groups in total. The molecule has 1 aliphatic rings. The van der Waals surface area contributed by atoms with Gasteiger partial charge in [0.15, 0.2) is 5.69 Å². The van der Waals surface area contributed by atoms with Gasteiger partial charge >= 0.3 is 12.1 Å². The molecule has 8 nitrogen and oxygen atoms in total. The number of esters is 1. The first-order valence-electron chi connectivity index (χ1n) is 7.23. The summed E-state index contributed by atoms with van der Waals surface area (Å²) >= 11 is 0. The molecular formula is C14H19N3O5. The number of aromatic nitrogens is 2. The molecule has 0 bridgehead atoms. The van der Waals surface area contributed by atoms with Crippen LogP contribution in [0.4, 0.5) is 4.79 Å². The normalized spacial score (nSPS) is 13.5. The summed E-state index contributed by atoms with van der Waals surface area (Å²) in [6.07, 6.45) is 0.752. The Balaban J connectivity index is 2.33. The highest BCUT2D eigenvalue weighted by Crippen LogP contribution is 2.23. The molecule has 1 aromatic heterocycles. The van der Waals surface area contributed by atoms with Gasteiger partial charge in [-0.25, -0.2) is 9.59 Å². The van der Waals surface area contributed by atoms with Crippen LogP contribution in [0.1, 0.15) is 35.6 Å². The van der Waals surface area contributed by atoms with Gasteiger partial charge < -0.3 is 19.2 Å². The van der Waals surface area contributed by atoms with Crippen molar-refractivity contribution in [3.05, 3.63) is 17.0 Å². The molecule has 0 spiro atoms. The maximum absolute atomic E-state index is 12.1. The lowest BCUT2D eigenvalue weighted by molar-refractivity contribution is -0.108.